The Kier molecular flexibility index (Phi) is 3.05. The Morgan fingerprint density at radius 2 is 1.88 bits per heavy atom. The molecule has 0 saturated heterocycles. The van der Waals surface area contributed by atoms with Crippen LogP contribution in [0, 0.1) is 0 Å². The number of carbonyl (C=O) groups is 1. The second kappa shape index (κ2) is 4.66. The molecule has 82 valence electrons. The number of carbonyl (C=O) groups excluding carboxylic acids is 1. The second-order valence-corrected chi connectivity index (χ2v) is 3.73. The van der Waals surface area contributed by atoms with Gasteiger partial charge in [-0.3, -0.25) is 4.79 Å². The molecule has 0 aliphatic rings. The van der Waals surface area contributed by atoms with Gasteiger partial charge in [0.15, 0.2) is 0 Å². The lowest BCUT2D eigenvalue weighted by Gasteiger charge is -1.97. The number of amides is 1. The predicted octanol–water partition coefficient (Wildman–Crippen LogP) is 2.10. The van der Waals surface area contributed by atoms with E-state index >= 15 is 0 Å². The maximum absolute atomic E-state index is 10.7. The summed E-state index contributed by atoms with van der Waals surface area (Å²) in [5.41, 5.74) is 8.36. The van der Waals surface area contributed by atoms with Gasteiger partial charge >= 0.3 is 0 Å². The summed E-state index contributed by atoms with van der Waals surface area (Å²) in [5.74, 6) is -0.268. The van der Waals surface area contributed by atoms with Crippen LogP contribution >= 0.6 is 0 Å². The first-order valence-corrected chi connectivity index (χ1v) is 5.27. The minimum absolute atomic E-state index is 0.268. The Balaban J connectivity index is 2.11. The van der Waals surface area contributed by atoms with Crippen LogP contribution in [0.3, 0.4) is 0 Å². The fraction of sp³-hybridized carbons (Fsp3) is 0.154. The zero-order valence-corrected chi connectivity index (χ0v) is 8.94. The number of benzene rings is 1. The van der Waals surface area contributed by atoms with E-state index in [2.05, 4.69) is 4.98 Å². The fourth-order valence-electron chi connectivity index (χ4n) is 1.63. The van der Waals surface area contributed by atoms with Gasteiger partial charge in [-0.2, -0.15) is 0 Å². The summed E-state index contributed by atoms with van der Waals surface area (Å²) in [6.07, 6.45) is 1.05. The zero-order chi connectivity index (χ0) is 11.4. The lowest BCUT2D eigenvalue weighted by Crippen LogP contribution is -2.11. The van der Waals surface area contributed by atoms with Crippen molar-refractivity contribution in [1.29, 1.82) is 0 Å². The first kappa shape index (κ1) is 10.5. The first-order chi connectivity index (χ1) is 7.75. The highest BCUT2D eigenvalue weighted by Gasteiger charge is 2.02. The number of primary amides is 1. The highest BCUT2D eigenvalue weighted by atomic mass is 16.1. The number of aromatic nitrogens is 1. The average molecular weight is 214 g/mol. The third-order valence-corrected chi connectivity index (χ3v) is 2.47. The molecule has 0 unspecified atom stereocenters. The molecule has 0 atom stereocenters. The van der Waals surface area contributed by atoms with Gasteiger partial charge in [0, 0.05) is 17.8 Å². The van der Waals surface area contributed by atoms with E-state index in [1.165, 1.54) is 0 Å². The summed E-state index contributed by atoms with van der Waals surface area (Å²) in [4.78, 5) is 13.9. The van der Waals surface area contributed by atoms with Crippen molar-refractivity contribution >= 4 is 5.91 Å². The highest BCUT2D eigenvalue weighted by molar-refractivity contribution is 5.74. The Bertz CT molecular complexity index is 474. The summed E-state index contributed by atoms with van der Waals surface area (Å²) in [5, 5.41) is 0. The van der Waals surface area contributed by atoms with Crippen LogP contribution in [0.5, 0.6) is 0 Å². The molecule has 3 nitrogen and oxygen atoms in total. The Hall–Kier alpha value is -2.03. The van der Waals surface area contributed by atoms with E-state index in [1.807, 2.05) is 42.5 Å². The molecule has 1 aromatic carbocycles. The topological polar surface area (TPSA) is 58.9 Å². The van der Waals surface area contributed by atoms with Gasteiger partial charge in [-0.1, -0.05) is 30.3 Å². The third-order valence-electron chi connectivity index (χ3n) is 2.47. The molecular formula is C13H14N2O. The van der Waals surface area contributed by atoms with Crippen molar-refractivity contribution in [2.75, 3.05) is 0 Å². The van der Waals surface area contributed by atoms with Gasteiger partial charge in [0.05, 0.1) is 0 Å². The van der Waals surface area contributed by atoms with E-state index in [1.54, 1.807) is 0 Å². The van der Waals surface area contributed by atoms with Gasteiger partial charge in [-0.15, -0.1) is 0 Å². The van der Waals surface area contributed by atoms with E-state index in [4.69, 9.17) is 5.73 Å². The first-order valence-electron chi connectivity index (χ1n) is 5.27. The number of hydrogen-bond acceptors (Lipinski definition) is 1. The summed E-state index contributed by atoms with van der Waals surface area (Å²) in [6, 6.07) is 14.1. The second-order valence-electron chi connectivity index (χ2n) is 3.73. The monoisotopic (exact) mass is 214 g/mol. The average Bonchev–Trinajstić information content (AvgIpc) is 2.76. The molecule has 1 aromatic heterocycles. The standard InChI is InChI=1S/C13H14N2O/c14-13(16)9-7-11-6-8-12(15-11)10-4-2-1-3-5-10/h1-6,8,15H,7,9H2,(H2,14,16). The third kappa shape index (κ3) is 2.51. The van der Waals surface area contributed by atoms with Crippen LogP contribution in [0.15, 0.2) is 42.5 Å². The van der Waals surface area contributed by atoms with Gasteiger partial charge in [-0.25, -0.2) is 0 Å². The largest absolute Gasteiger partial charge is 0.370 e. The van der Waals surface area contributed by atoms with Gasteiger partial charge in [-0.05, 0) is 24.1 Å². The van der Waals surface area contributed by atoms with Crippen LogP contribution in [-0.4, -0.2) is 10.9 Å². The number of rotatable bonds is 4. The van der Waals surface area contributed by atoms with Crippen molar-refractivity contribution in [2.24, 2.45) is 5.73 Å². The zero-order valence-electron chi connectivity index (χ0n) is 8.94. The fourth-order valence-corrected chi connectivity index (χ4v) is 1.63. The molecule has 2 aromatic rings. The predicted molar refractivity (Wildman–Crippen MR) is 63.7 cm³/mol. The molecule has 2 rings (SSSR count). The van der Waals surface area contributed by atoms with Crippen LogP contribution in [0.25, 0.3) is 11.3 Å². The lowest BCUT2D eigenvalue weighted by molar-refractivity contribution is -0.118. The molecule has 1 heterocycles. The summed E-state index contributed by atoms with van der Waals surface area (Å²) in [6.45, 7) is 0. The lowest BCUT2D eigenvalue weighted by atomic mass is 10.2. The number of hydrogen-bond donors (Lipinski definition) is 2. The maximum Gasteiger partial charge on any atom is 0.217 e. The van der Waals surface area contributed by atoms with Gasteiger partial charge < -0.3 is 10.7 Å². The molecule has 0 aliphatic heterocycles. The number of aromatic amines is 1. The molecule has 0 saturated carbocycles. The molecule has 3 N–H and O–H groups in total. The molecular weight excluding hydrogens is 200 g/mol. The summed E-state index contributed by atoms with van der Waals surface area (Å²) in [7, 11) is 0. The Morgan fingerprint density at radius 1 is 1.12 bits per heavy atom. The molecule has 1 amide bonds. The van der Waals surface area contributed by atoms with Crippen LogP contribution in [0.2, 0.25) is 0 Å². The minimum Gasteiger partial charge on any atom is -0.370 e. The van der Waals surface area contributed by atoms with Crippen LogP contribution in [-0.2, 0) is 11.2 Å². The summed E-state index contributed by atoms with van der Waals surface area (Å²) >= 11 is 0. The van der Waals surface area contributed by atoms with Crippen molar-refractivity contribution in [3.63, 3.8) is 0 Å². The van der Waals surface area contributed by atoms with Gasteiger partial charge in [0.25, 0.3) is 0 Å². The molecule has 0 aliphatic carbocycles. The number of H-pyrrole nitrogens is 1. The van der Waals surface area contributed by atoms with Crippen molar-refractivity contribution in [2.45, 2.75) is 12.8 Å². The van der Waals surface area contributed by atoms with Crippen LogP contribution in [0.1, 0.15) is 12.1 Å². The van der Waals surface area contributed by atoms with Gasteiger partial charge in [0.2, 0.25) is 5.91 Å². The minimum atomic E-state index is -0.268. The molecule has 0 spiro atoms. The molecule has 0 bridgehead atoms. The maximum atomic E-state index is 10.7. The van der Waals surface area contributed by atoms with Crippen molar-refractivity contribution < 1.29 is 4.79 Å². The van der Waals surface area contributed by atoms with Gasteiger partial charge in [0.1, 0.15) is 0 Å². The number of nitrogens with one attached hydrogen (secondary N) is 1. The highest BCUT2D eigenvalue weighted by Crippen LogP contribution is 2.18. The molecule has 16 heavy (non-hydrogen) atoms. The normalized spacial score (nSPS) is 10.2. The SMILES string of the molecule is NC(=O)CCc1ccc(-c2ccccc2)[nH]1. The molecule has 3 heteroatoms. The molecule has 0 fully saturated rings. The smallest absolute Gasteiger partial charge is 0.217 e. The van der Waals surface area contributed by atoms with E-state index in [0.29, 0.717) is 12.8 Å². The molecule has 0 radical (unpaired) electrons. The van der Waals surface area contributed by atoms with Crippen molar-refractivity contribution in [3.05, 3.63) is 48.2 Å². The van der Waals surface area contributed by atoms with Crippen LogP contribution in [0.4, 0.5) is 0 Å². The van der Waals surface area contributed by atoms with E-state index in [0.717, 1.165) is 17.0 Å². The Morgan fingerprint density at radius 3 is 2.56 bits per heavy atom. The van der Waals surface area contributed by atoms with Crippen molar-refractivity contribution in [1.82, 2.24) is 4.98 Å². The van der Waals surface area contributed by atoms with Crippen molar-refractivity contribution in [3.8, 4) is 11.3 Å². The van der Waals surface area contributed by atoms with E-state index in [9.17, 15) is 4.79 Å². The summed E-state index contributed by atoms with van der Waals surface area (Å²) < 4.78 is 0. The number of nitrogens with two attached hydrogens (primary N) is 1. The van der Waals surface area contributed by atoms with E-state index in [-0.39, 0.29) is 5.91 Å². The number of aryl methyl sites for hydroxylation is 1. The van der Waals surface area contributed by atoms with Crippen LogP contribution < -0.4 is 5.73 Å². The Labute approximate surface area is 94.3 Å². The van der Waals surface area contributed by atoms with E-state index < -0.39 is 0 Å². The quantitative estimate of drug-likeness (QED) is 0.804.